The molecule has 1 N–H and O–H groups in total. The van der Waals surface area contributed by atoms with E-state index in [-0.39, 0.29) is 5.97 Å². The van der Waals surface area contributed by atoms with Crippen molar-refractivity contribution in [3.05, 3.63) is 28.0 Å². The molecule has 0 atom stereocenters. The molecule has 0 amide bonds. The molecule has 0 radical (unpaired) electrons. The average Bonchev–Trinajstić information content (AvgIpc) is 2.72. The second-order valence-electron chi connectivity index (χ2n) is 3.03. The molecule has 0 unspecified atom stereocenters. The fraction of sp³-hybridized carbons (Fsp3) is 0.364. The first-order chi connectivity index (χ1) is 7.27. The van der Waals surface area contributed by atoms with Gasteiger partial charge in [-0.2, -0.15) is 0 Å². The maximum atomic E-state index is 11.2. The van der Waals surface area contributed by atoms with Crippen molar-refractivity contribution in [3.8, 4) is 0 Å². The first-order valence-corrected chi connectivity index (χ1v) is 5.64. The molecule has 0 bridgehead atoms. The third-order valence-electron chi connectivity index (χ3n) is 1.88. The highest BCUT2D eigenvalue weighted by Gasteiger charge is 2.06. The molecule has 1 aromatic heterocycles. The van der Waals surface area contributed by atoms with Crippen molar-refractivity contribution in [2.45, 2.75) is 6.42 Å². The minimum absolute atomic E-state index is 0.269. The number of rotatable bonds is 5. The molecule has 0 fully saturated rings. The predicted octanol–water partition coefficient (Wildman–Crippen LogP) is 2.16. The second kappa shape index (κ2) is 6.37. The van der Waals surface area contributed by atoms with Crippen LogP contribution in [0.5, 0.6) is 0 Å². The minimum atomic E-state index is -0.269. The number of esters is 1. The summed E-state index contributed by atoms with van der Waals surface area (Å²) in [6, 6.07) is 1.84. The van der Waals surface area contributed by atoms with Gasteiger partial charge in [-0.3, -0.25) is 0 Å². The third-order valence-corrected chi connectivity index (χ3v) is 2.81. The Kier molecular flexibility index (Phi) is 5.07. The van der Waals surface area contributed by atoms with Gasteiger partial charge in [0, 0.05) is 0 Å². The van der Waals surface area contributed by atoms with Gasteiger partial charge in [-0.25, -0.2) is 4.79 Å². The van der Waals surface area contributed by atoms with Gasteiger partial charge in [-0.15, -0.1) is 11.3 Å². The van der Waals surface area contributed by atoms with E-state index in [1.807, 2.05) is 24.6 Å². The fourth-order valence-electron chi connectivity index (χ4n) is 1.09. The Labute approximate surface area is 93.8 Å². The molecule has 0 saturated heterocycles. The zero-order valence-electron chi connectivity index (χ0n) is 8.95. The molecule has 0 spiro atoms. The zero-order chi connectivity index (χ0) is 11.1. The summed E-state index contributed by atoms with van der Waals surface area (Å²) >= 11 is 1.40. The lowest BCUT2D eigenvalue weighted by atomic mass is 10.2. The van der Waals surface area contributed by atoms with Crippen LogP contribution in [0.3, 0.4) is 0 Å². The van der Waals surface area contributed by atoms with Crippen LogP contribution in [0, 0.1) is 0 Å². The smallest absolute Gasteiger partial charge is 0.348 e. The number of carbonyl (C=O) groups excluding carboxylic acids is 1. The van der Waals surface area contributed by atoms with Crippen LogP contribution in [-0.2, 0) is 4.74 Å². The van der Waals surface area contributed by atoms with E-state index in [9.17, 15) is 4.79 Å². The lowest BCUT2D eigenvalue weighted by molar-refractivity contribution is 0.0606. The lowest BCUT2D eigenvalue weighted by Crippen LogP contribution is -2.05. The van der Waals surface area contributed by atoms with Crippen molar-refractivity contribution in [2.24, 2.45) is 0 Å². The highest BCUT2D eigenvalue weighted by atomic mass is 32.1. The Bertz CT molecular complexity index is 344. The summed E-state index contributed by atoms with van der Waals surface area (Å²) in [5.41, 5.74) is 1.05. The highest BCUT2D eigenvalue weighted by Crippen LogP contribution is 2.16. The molecule has 82 valence electrons. The number of nitrogens with one attached hydrogen (secondary N) is 1. The van der Waals surface area contributed by atoms with Crippen molar-refractivity contribution in [1.82, 2.24) is 5.32 Å². The largest absolute Gasteiger partial charge is 0.465 e. The van der Waals surface area contributed by atoms with E-state index in [4.69, 9.17) is 0 Å². The summed E-state index contributed by atoms with van der Waals surface area (Å²) in [6.45, 7) is 0.963. The highest BCUT2D eigenvalue weighted by molar-refractivity contribution is 7.12. The first kappa shape index (κ1) is 11.9. The molecule has 0 aliphatic heterocycles. The first-order valence-electron chi connectivity index (χ1n) is 4.76. The summed E-state index contributed by atoms with van der Waals surface area (Å²) in [7, 11) is 3.32. The van der Waals surface area contributed by atoms with Crippen molar-refractivity contribution in [1.29, 1.82) is 0 Å². The number of hydrogen-bond donors (Lipinski definition) is 1. The van der Waals surface area contributed by atoms with Crippen LogP contribution < -0.4 is 5.32 Å². The van der Waals surface area contributed by atoms with E-state index >= 15 is 0 Å². The predicted molar refractivity (Wildman–Crippen MR) is 63.2 cm³/mol. The zero-order valence-corrected chi connectivity index (χ0v) is 9.76. The van der Waals surface area contributed by atoms with Crippen molar-refractivity contribution in [2.75, 3.05) is 20.7 Å². The second-order valence-corrected chi connectivity index (χ2v) is 3.94. The molecule has 1 aromatic rings. The molecule has 4 heteroatoms. The van der Waals surface area contributed by atoms with Crippen LogP contribution in [0.1, 0.15) is 21.7 Å². The van der Waals surface area contributed by atoms with Gasteiger partial charge in [0.2, 0.25) is 0 Å². The van der Waals surface area contributed by atoms with Crippen LogP contribution in [0.25, 0.3) is 6.08 Å². The molecule has 0 aromatic carbocycles. The quantitative estimate of drug-likeness (QED) is 0.616. The van der Waals surface area contributed by atoms with Gasteiger partial charge in [-0.1, -0.05) is 12.2 Å². The molecular weight excluding hydrogens is 210 g/mol. The summed E-state index contributed by atoms with van der Waals surface area (Å²) in [5.74, 6) is -0.269. The Morgan fingerprint density at radius 2 is 2.47 bits per heavy atom. The maximum Gasteiger partial charge on any atom is 0.348 e. The SMILES string of the molecule is CNCCC=Cc1csc(C(=O)OC)c1. The number of methoxy groups -OCH3 is 1. The van der Waals surface area contributed by atoms with E-state index in [1.54, 1.807) is 0 Å². The molecule has 0 saturated carbocycles. The van der Waals surface area contributed by atoms with Crippen molar-refractivity contribution in [3.63, 3.8) is 0 Å². The number of hydrogen-bond acceptors (Lipinski definition) is 4. The van der Waals surface area contributed by atoms with Crippen LogP contribution in [-0.4, -0.2) is 26.7 Å². The van der Waals surface area contributed by atoms with Gasteiger partial charge >= 0.3 is 5.97 Å². The Morgan fingerprint density at radius 3 is 3.13 bits per heavy atom. The van der Waals surface area contributed by atoms with E-state index in [1.165, 1.54) is 18.4 Å². The van der Waals surface area contributed by atoms with E-state index < -0.39 is 0 Å². The van der Waals surface area contributed by atoms with E-state index in [0.29, 0.717) is 4.88 Å². The molecule has 1 rings (SSSR count). The van der Waals surface area contributed by atoms with Crippen LogP contribution >= 0.6 is 11.3 Å². The average molecular weight is 225 g/mol. The fourth-order valence-corrected chi connectivity index (χ4v) is 1.89. The monoisotopic (exact) mass is 225 g/mol. The molecule has 15 heavy (non-hydrogen) atoms. The maximum absolute atomic E-state index is 11.2. The van der Waals surface area contributed by atoms with Crippen molar-refractivity contribution >= 4 is 23.4 Å². The molecule has 1 heterocycles. The molecule has 0 aliphatic carbocycles. The van der Waals surface area contributed by atoms with Gasteiger partial charge in [0.25, 0.3) is 0 Å². The normalized spacial score (nSPS) is 10.8. The standard InChI is InChI=1S/C11H15NO2S/c1-12-6-4-3-5-9-7-10(15-8-9)11(13)14-2/h3,5,7-8,12H,4,6H2,1-2H3. The van der Waals surface area contributed by atoms with Gasteiger partial charge in [0.1, 0.15) is 4.88 Å². The summed E-state index contributed by atoms with van der Waals surface area (Å²) < 4.78 is 4.63. The molecular formula is C11H15NO2S. The third kappa shape index (κ3) is 3.85. The summed E-state index contributed by atoms with van der Waals surface area (Å²) in [4.78, 5) is 11.8. The molecule has 3 nitrogen and oxygen atoms in total. The van der Waals surface area contributed by atoms with Crippen LogP contribution in [0.15, 0.2) is 17.5 Å². The number of carbonyl (C=O) groups is 1. The van der Waals surface area contributed by atoms with Gasteiger partial charge in [0.05, 0.1) is 7.11 Å². The van der Waals surface area contributed by atoms with Gasteiger partial charge in [0.15, 0.2) is 0 Å². The number of thiophene rings is 1. The Hall–Kier alpha value is -1.13. The lowest BCUT2D eigenvalue weighted by Gasteiger charge is -1.91. The Morgan fingerprint density at radius 1 is 1.67 bits per heavy atom. The van der Waals surface area contributed by atoms with E-state index in [0.717, 1.165) is 18.5 Å². The Balaban J connectivity index is 2.52. The van der Waals surface area contributed by atoms with Crippen LogP contribution in [0.2, 0.25) is 0 Å². The summed E-state index contributed by atoms with van der Waals surface area (Å²) in [5, 5.41) is 5.01. The minimum Gasteiger partial charge on any atom is -0.465 e. The van der Waals surface area contributed by atoms with Crippen LogP contribution in [0.4, 0.5) is 0 Å². The van der Waals surface area contributed by atoms with E-state index in [2.05, 4.69) is 16.1 Å². The number of ether oxygens (including phenoxy) is 1. The molecule has 0 aliphatic rings. The van der Waals surface area contributed by atoms with Crippen molar-refractivity contribution < 1.29 is 9.53 Å². The summed E-state index contributed by atoms with van der Waals surface area (Å²) in [6.07, 6.45) is 5.08. The topological polar surface area (TPSA) is 38.3 Å². The van der Waals surface area contributed by atoms with Gasteiger partial charge < -0.3 is 10.1 Å². The van der Waals surface area contributed by atoms with Gasteiger partial charge in [-0.05, 0) is 37.0 Å².